The van der Waals surface area contributed by atoms with Crippen LogP contribution >= 0.6 is 0 Å². The summed E-state index contributed by atoms with van der Waals surface area (Å²) in [6.45, 7) is -0.510. The van der Waals surface area contributed by atoms with Gasteiger partial charge in [-0.25, -0.2) is 18.0 Å². The molecule has 2 heterocycles. The monoisotopic (exact) mass is 521 g/mol. The first-order valence-corrected chi connectivity index (χ1v) is 10.4. The van der Waals surface area contributed by atoms with E-state index in [9.17, 15) is 31.5 Å². The van der Waals surface area contributed by atoms with Crippen molar-refractivity contribution >= 4 is 17.6 Å². The van der Waals surface area contributed by atoms with Crippen LogP contribution in [0.3, 0.4) is 0 Å². The predicted molar refractivity (Wildman–Crippen MR) is 116 cm³/mol. The van der Waals surface area contributed by atoms with Gasteiger partial charge >= 0.3 is 5.97 Å². The number of amides is 1. The largest absolute Gasteiger partial charge is 0.479 e. The van der Waals surface area contributed by atoms with Crippen LogP contribution in [0.2, 0.25) is 0 Å². The van der Waals surface area contributed by atoms with Crippen molar-refractivity contribution in [2.24, 2.45) is 0 Å². The van der Waals surface area contributed by atoms with Gasteiger partial charge in [-0.05, 0) is 23.8 Å². The standard InChI is InChI=1S/C24H16F5N3O5/c1-35-24(34)15-5-3-2-4-12(15)9-32-10-13(8-30-32)31-23(33)16-7-6-14(37-16)11-36-22-20(28)18(26)17(25)19(27)21(22)29/h2-8,10H,9,11H2,1H3,(H,31,33). The number of rotatable bonds is 8. The van der Waals surface area contributed by atoms with Crippen molar-refractivity contribution in [2.45, 2.75) is 13.2 Å². The molecule has 192 valence electrons. The first-order valence-electron chi connectivity index (χ1n) is 10.4. The molecule has 0 bridgehead atoms. The summed E-state index contributed by atoms with van der Waals surface area (Å²) < 4.78 is 83.4. The Balaban J connectivity index is 1.40. The number of methoxy groups -OCH3 is 1. The number of furan rings is 1. The van der Waals surface area contributed by atoms with Gasteiger partial charge in [-0.2, -0.15) is 13.9 Å². The quantitative estimate of drug-likeness (QED) is 0.154. The number of esters is 1. The number of anilines is 1. The van der Waals surface area contributed by atoms with Crippen LogP contribution in [0.25, 0.3) is 0 Å². The van der Waals surface area contributed by atoms with Crippen molar-refractivity contribution in [2.75, 3.05) is 12.4 Å². The van der Waals surface area contributed by atoms with Gasteiger partial charge in [0.25, 0.3) is 5.91 Å². The lowest BCUT2D eigenvalue weighted by Crippen LogP contribution is -2.11. The minimum absolute atomic E-state index is 0.121. The molecule has 4 aromatic rings. The van der Waals surface area contributed by atoms with Gasteiger partial charge in [-0.15, -0.1) is 0 Å². The molecular formula is C24H16F5N3O5. The van der Waals surface area contributed by atoms with Crippen LogP contribution in [0, 0.1) is 29.1 Å². The van der Waals surface area contributed by atoms with Gasteiger partial charge < -0.3 is 19.2 Å². The van der Waals surface area contributed by atoms with Gasteiger partial charge in [0.2, 0.25) is 29.1 Å². The lowest BCUT2D eigenvalue weighted by atomic mass is 10.1. The zero-order valence-corrected chi connectivity index (χ0v) is 18.9. The zero-order valence-electron chi connectivity index (χ0n) is 18.9. The highest BCUT2D eigenvalue weighted by atomic mass is 19.2. The molecule has 0 fully saturated rings. The molecule has 0 saturated heterocycles. The van der Waals surface area contributed by atoms with Crippen LogP contribution < -0.4 is 10.1 Å². The minimum Gasteiger partial charge on any atom is -0.479 e. The SMILES string of the molecule is COC(=O)c1ccccc1Cn1cc(NC(=O)c2ccc(COc3c(F)c(F)c(F)c(F)c3F)o2)cn1. The molecule has 0 aliphatic carbocycles. The van der Waals surface area contributed by atoms with Crippen molar-refractivity contribution in [3.8, 4) is 5.75 Å². The van der Waals surface area contributed by atoms with Crippen molar-refractivity contribution in [3.63, 3.8) is 0 Å². The third-order valence-electron chi connectivity index (χ3n) is 5.06. The lowest BCUT2D eigenvalue weighted by molar-refractivity contribution is 0.0599. The topological polar surface area (TPSA) is 95.6 Å². The van der Waals surface area contributed by atoms with Crippen LogP contribution in [0.1, 0.15) is 32.2 Å². The summed E-state index contributed by atoms with van der Waals surface area (Å²) in [5.41, 5.74) is 1.29. The second-order valence-corrected chi connectivity index (χ2v) is 7.48. The molecule has 0 radical (unpaired) electrons. The van der Waals surface area contributed by atoms with Crippen LogP contribution in [-0.2, 0) is 17.9 Å². The summed E-state index contributed by atoms with van der Waals surface area (Å²) in [5.74, 6) is -13.9. The highest BCUT2D eigenvalue weighted by Crippen LogP contribution is 2.30. The Morgan fingerprint density at radius 3 is 2.35 bits per heavy atom. The van der Waals surface area contributed by atoms with Crippen molar-refractivity contribution in [1.29, 1.82) is 0 Å². The summed E-state index contributed by atoms with van der Waals surface area (Å²) in [4.78, 5) is 24.4. The molecule has 0 atom stereocenters. The van der Waals surface area contributed by atoms with E-state index in [0.717, 1.165) is 0 Å². The Labute approximate surface area is 205 Å². The summed E-state index contributed by atoms with van der Waals surface area (Å²) in [6, 6.07) is 9.23. The van der Waals surface area contributed by atoms with E-state index in [1.807, 2.05) is 0 Å². The molecule has 37 heavy (non-hydrogen) atoms. The number of hydrogen-bond donors (Lipinski definition) is 1. The number of carbonyl (C=O) groups excluding carboxylic acids is 2. The summed E-state index contributed by atoms with van der Waals surface area (Å²) in [5, 5.41) is 6.66. The second kappa shape index (κ2) is 10.5. The molecule has 2 aromatic heterocycles. The molecule has 0 saturated carbocycles. The number of nitrogens with one attached hydrogen (secondary N) is 1. The van der Waals surface area contributed by atoms with Crippen molar-refractivity contribution < 1.29 is 45.4 Å². The first kappa shape index (κ1) is 25.4. The van der Waals surface area contributed by atoms with E-state index in [-0.39, 0.29) is 23.8 Å². The van der Waals surface area contributed by atoms with Crippen molar-refractivity contribution in [3.05, 3.63) is 101 Å². The lowest BCUT2D eigenvalue weighted by Gasteiger charge is -2.09. The number of nitrogens with zero attached hydrogens (tertiary/aromatic N) is 2. The molecule has 1 N–H and O–H groups in total. The molecule has 8 nitrogen and oxygen atoms in total. The van der Waals surface area contributed by atoms with Crippen LogP contribution in [0.4, 0.5) is 27.6 Å². The molecule has 0 aliphatic heterocycles. The van der Waals surface area contributed by atoms with E-state index in [4.69, 9.17) is 13.9 Å². The van der Waals surface area contributed by atoms with E-state index in [2.05, 4.69) is 10.4 Å². The van der Waals surface area contributed by atoms with Crippen LogP contribution in [0.15, 0.2) is 53.2 Å². The predicted octanol–water partition coefficient (Wildman–Crippen LogP) is 4.84. The zero-order chi connectivity index (χ0) is 26.7. The van der Waals surface area contributed by atoms with E-state index >= 15 is 0 Å². The Bertz CT molecular complexity index is 1450. The molecule has 0 spiro atoms. The fourth-order valence-corrected chi connectivity index (χ4v) is 3.28. The van der Waals surface area contributed by atoms with E-state index in [0.29, 0.717) is 11.1 Å². The Kier molecular flexibility index (Phi) is 7.22. The van der Waals surface area contributed by atoms with Gasteiger partial charge in [0.1, 0.15) is 12.4 Å². The Morgan fingerprint density at radius 2 is 1.65 bits per heavy atom. The summed E-state index contributed by atoms with van der Waals surface area (Å²) in [7, 11) is 1.27. The number of carbonyl (C=O) groups is 2. The number of ether oxygens (including phenoxy) is 2. The van der Waals surface area contributed by atoms with E-state index in [1.54, 1.807) is 24.3 Å². The third kappa shape index (κ3) is 5.29. The van der Waals surface area contributed by atoms with Gasteiger partial charge in [0, 0.05) is 6.20 Å². The fraction of sp³-hybridized carbons (Fsp3) is 0.125. The maximum atomic E-state index is 13.7. The Hall–Kier alpha value is -4.68. The van der Waals surface area contributed by atoms with E-state index < -0.39 is 53.3 Å². The summed E-state index contributed by atoms with van der Waals surface area (Å²) >= 11 is 0. The number of aromatic nitrogens is 2. The third-order valence-corrected chi connectivity index (χ3v) is 5.06. The number of halogens is 5. The normalized spacial score (nSPS) is 10.9. The average Bonchev–Trinajstić information content (AvgIpc) is 3.56. The van der Waals surface area contributed by atoms with Crippen molar-refractivity contribution in [1.82, 2.24) is 9.78 Å². The first-order chi connectivity index (χ1) is 17.7. The average molecular weight is 521 g/mol. The fourth-order valence-electron chi connectivity index (χ4n) is 3.28. The van der Waals surface area contributed by atoms with Gasteiger partial charge in [-0.3, -0.25) is 9.48 Å². The van der Waals surface area contributed by atoms with E-state index in [1.165, 1.54) is 36.3 Å². The van der Waals surface area contributed by atoms with Crippen LogP contribution in [0.5, 0.6) is 5.75 Å². The maximum absolute atomic E-state index is 13.7. The maximum Gasteiger partial charge on any atom is 0.338 e. The molecule has 0 aliphatic rings. The van der Waals surface area contributed by atoms with Gasteiger partial charge in [0.05, 0.1) is 31.1 Å². The molecule has 4 rings (SSSR count). The molecule has 1 amide bonds. The molecule has 13 heteroatoms. The van der Waals surface area contributed by atoms with Crippen LogP contribution in [-0.4, -0.2) is 28.8 Å². The highest BCUT2D eigenvalue weighted by molar-refractivity contribution is 6.02. The number of hydrogen-bond acceptors (Lipinski definition) is 6. The molecule has 2 aromatic carbocycles. The second-order valence-electron chi connectivity index (χ2n) is 7.48. The summed E-state index contributed by atoms with van der Waals surface area (Å²) in [6.07, 6.45) is 2.86. The van der Waals surface area contributed by atoms with Gasteiger partial charge in [0.15, 0.2) is 11.5 Å². The van der Waals surface area contributed by atoms with Gasteiger partial charge in [-0.1, -0.05) is 18.2 Å². The highest BCUT2D eigenvalue weighted by Gasteiger charge is 2.27. The number of benzene rings is 2. The molecule has 0 unspecified atom stereocenters. The Morgan fingerprint density at radius 1 is 0.973 bits per heavy atom. The molecular weight excluding hydrogens is 505 g/mol. The smallest absolute Gasteiger partial charge is 0.338 e. The minimum atomic E-state index is -2.31.